The fourth-order valence-corrected chi connectivity index (χ4v) is 8.72. The molecule has 39 heavy (non-hydrogen) atoms. The third-order valence-electron chi connectivity index (χ3n) is 7.97. The van der Waals surface area contributed by atoms with E-state index < -0.39 is 0 Å². The van der Waals surface area contributed by atoms with Gasteiger partial charge in [0, 0.05) is 41.3 Å². The highest BCUT2D eigenvalue weighted by Gasteiger charge is 2.19. The lowest BCUT2D eigenvalue weighted by Gasteiger charge is -2.09. The molecule has 0 spiro atoms. The maximum absolute atomic E-state index is 2.44. The Morgan fingerprint density at radius 3 is 2.10 bits per heavy atom. The topological polar surface area (TPSA) is 4.93 Å². The number of benzene rings is 6. The quantitative estimate of drug-likeness (QED) is 0.209. The molecule has 9 aromatic rings. The number of hydrogen-bond acceptors (Lipinski definition) is 2. The first-order valence-electron chi connectivity index (χ1n) is 13.2. The molecule has 3 heterocycles. The van der Waals surface area contributed by atoms with Crippen molar-refractivity contribution in [3.63, 3.8) is 0 Å². The van der Waals surface area contributed by atoms with Gasteiger partial charge in [-0.15, -0.1) is 22.7 Å². The Morgan fingerprint density at radius 2 is 1.21 bits per heavy atom. The summed E-state index contributed by atoms with van der Waals surface area (Å²) in [5, 5.41) is 7.93. The molecule has 182 valence electrons. The second-order valence-electron chi connectivity index (χ2n) is 10.2. The van der Waals surface area contributed by atoms with E-state index in [4.69, 9.17) is 0 Å². The van der Waals surface area contributed by atoms with Crippen LogP contribution in [0.5, 0.6) is 0 Å². The van der Waals surface area contributed by atoms with Gasteiger partial charge in [0.1, 0.15) is 0 Å². The lowest BCUT2D eigenvalue weighted by molar-refractivity contribution is 1.19. The molecule has 3 aromatic heterocycles. The molecule has 0 unspecified atom stereocenters. The van der Waals surface area contributed by atoms with Crippen molar-refractivity contribution >= 4 is 84.8 Å². The SMILES string of the molecule is c1ccc(-n2c3ccccc3c3sc4c(-c5ccc6c(c5)sc5cc7ccccc7cc56)cccc4c32)cc1. The van der Waals surface area contributed by atoms with Crippen molar-refractivity contribution in [2.75, 3.05) is 0 Å². The Kier molecular flexibility index (Phi) is 4.43. The molecular formula is C36H21NS2. The average molecular weight is 532 g/mol. The Bertz CT molecular complexity index is 2390. The van der Waals surface area contributed by atoms with Crippen LogP contribution in [0.15, 0.2) is 127 Å². The van der Waals surface area contributed by atoms with Crippen molar-refractivity contribution in [1.82, 2.24) is 4.57 Å². The van der Waals surface area contributed by atoms with E-state index in [-0.39, 0.29) is 0 Å². The van der Waals surface area contributed by atoms with Crippen LogP contribution in [-0.4, -0.2) is 4.57 Å². The van der Waals surface area contributed by atoms with Crippen LogP contribution in [0.4, 0.5) is 0 Å². The van der Waals surface area contributed by atoms with Crippen molar-refractivity contribution in [2.45, 2.75) is 0 Å². The first-order valence-corrected chi connectivity index (χ1v) is 14.8. The summed E-state index contributed by atoms with van der Waals surface area (Å²) in [5.41, 5.74) is 6.36. The molecule has 0 bridgehead atoms. The lowest BCUT2D eigenvalue weighted by atomic mass is 10.0. The van der Waals surface area contributed by atoms with E-state index in [0.717, 1.165) is 0 Å². The summed E-state index contributed by atoms with van der Waals surface area (Å²) in [6.45, 7) is 0. The van der Waals surface area contributed by atoms with Crippen LogP contribution in [0.2, 0.25) is 0 Å². The molecule has 0 aliphatic heterocycles. The summed E-state index contributed by atoms with van der Waals surface area (Å²) in [7, 11) is 0. The van der Waals surface area contributed by atoms with Crippen molar-refractivity contribution in [3.05, 3.63) is 127 Å². The Labute approximate surface area is 232 Å². The van der Waals surface area contributed by atoms with Crippen molar-refractivity contribution < 1.29 is 0 Å². The van der Waals surface area contributed by atoms with Crippen LogP contribution in [0.3, 0.4) is 0 Å². The maximum Gasteiger partial charge on any atom is 0.0727 e. The van der Waals surface area contributed by atoms with Gasteiger partial charge in [0.2, 0.25) is 0 Å². The van der Waals surface area contributed by atoms with Gasteiger partial charge in [-0.05, 0) is 58.3 Å². The van der Waals surface area contributed by atoms with Crippen LogP contribution >= 0.6 is 22.7 Å². The van der Waals surface area contributed by atoms with E-state index in [1.807, 2.05) is 22.7 Å². The number of rotatable bonds is 2. The second kappa shape index (κ2) is 8.03. The minimum atomic E-state index is 1.20. The zero-order valence-electron chi connectivity index (χ0n) is 20.9. The smallest absolute Gasteiger partial charge is 0.0727 e. The molecule has 0 amide bonds. The number of para-hydroxylation sites is 2. The molecule has 0 saturated carbocycles. The molecular weight excluding hydrogens is 511 g/mol. The predicted octanol–water partition coefficient (Wildman–Crippen LogP) is 11.2. The highest BCUT2D eigenvalue weighted by Crippen LogP contribution is 2.46. The third-order valence-corrected chi connectivity index (χ3v) is 10.3. The average Bonchev–Trinajstić information content (AvgIpc) is 3.64. The summed E-state index contributed by atoms with van der Waals surface area (Å²) in [6.07, 6.45) is 0. The lowest BCUT2D eigenvalue weighted by Crippen LogP contribution is -1.92. The molecule has 9 rings (SSSR count). The minimum absolute atomic E-state index is 1.20. The fraction of sp³-hybridized carbons (Fsp3) is 0. The van der Waals surface area contributed by atoms with Crippen molar-refractivity contribution in [1.29, 1.82) is 0 Å². The number of aromatic nitrogens is 1. The highest BCUT2D eigenvalue weighted by atomic mass is 32.1. The summed E-state index contributed by atoms with van der Waals surface area (Å²) in [5.74, 6) is 0. The van der Waals surface area contributed by atoms with Crippen LogP contribution in [0, 0.1) is 0 Å². The maximum atomic E-state index is 2.44. The number of fused-ring (bicyclic) bond motifs is 9. The normalized spacial score (nSPS) is 12.1. The van der Waals surface area contributed by atoms with E-state index in [9.17, 15) is 0 Å². The summed E-state index contributed by atoms with van der Waals surface area (Å²) >= 11 is 3.82. The van der Waals surface area contributed by atoms with E-state index in [1.165, 1.54) is 79.0 Å². The van der Waals surface area contributed by atoms with E-state index >= 15 is 0 Å². The number of nitrogens with zero attached hydrogens (tertiary/aromatic N) is 1. The Hall–Kier alpha value is -4.44. The molecule has 6 aromatic carbocycles. The molecule has 3 heteroatoms. The van der Waals surface area contributed by atoms with Crippen LogP contribution < -0.4 is 0 Å². The van der Waals surface area contributed by atoms with Gasteiger partial charge in [-0.1, -0.05) is 91.0 Å². The molecule has 0 aliphatic carbocycles. The first-order chi connectivity index (χ1) is 19.3. The summed E-state index contributed by atoms with van der Waals surface area (Å²) in [6, 6.07) is 46.7. The molecule has 0 atom stereocenters. The molecule has 0 radical (unpaired) electrons. The highest BCUT2D eigenvalue weighted by molar-refractivity contribution is 7.27. The largest absolute Gasteiger partial charge is 0.308 e. The van der Waals surface area contributed by atoms with E-state index in [0.29, 0.717) is 0 Å². The fourth-order valence-electron chi connectivity index (χ4n) is 6.19. The van der Waals surface area contributed by atoms with Gasteiger partial charge in [0.15, 0.2) is 0 Å². The zero-order valence-corrected chi connectivity index (χ0v) is 22.5. The molecule has 0 N–H and O–H groups in total. The Morgan fingerprint density at radius 1 is 0.462 bits per heavy atom. The van der Waals surface area contributed by atoms with Gasteiger partial charge in [-0.3, -0.25) is 0 Å². The first kappa shape index (κ1) is 21.5. The predicted molar refractivity (Wildman–Crippen MR) is 172 cm³/mol. The van der Waals surface area contributed by atoms with Gasteiger partial charge in [-0.2, -0.15) is 0 Å². The van der Waals surface area contributed by atoms with Crippen LogP contribution in [-0.2, 0) is 0 Å². The second-order valence-corrected chi connectivity index (χ2v) is 12.3. The van der Waals surface area contributed by atoms with Crippen molar-refractivity contribution in [2.24, 2.45) is 0 Å². The standard InChI is InChI=1S/C36H21NS2/c1-2-11-25(12-3-1)37-31-16-7-6-13-28(31)36-34(37)29-15-8-14-26(35(29)39-36)24-17-18-27-30-19-22-9-4-5-10-23(22)20-33(30)38-32(27)21-24/h1-21H. The molecule has 0 saturated heterocycles. The van der Waals surface area contributed by atoms with Crippen molar-refractivity contribution in [3.8, 4) is 16.8 Å². The van der Waals surface area contributed by atoms with Gasteiger partial charge in [0.05, 0.1) is 15.7 Å². The van der Waals surface area contributed by atoms with E-state index in [2.05, 4.69) is 132 Å². The van der Waals surface area contributed by atoms with Crippen LogP contribution in [0.1, 0.15) is 0 Å². The zero-order chi connectivity index (χ0) is 25.5. The molecule has 0 fully saturated rings. The Balaban J connectivity index is 1.31. The summed E-state index contributed by atoms with van der Waals surface area (Å²) in [4.78, 5) is 0. The van der Waals surface area contributed by atoms with Gasteiger partial charge < -0.3 is 4.57 Å². The monoisotopic (exact) mass is 531 g/mol. The van der Waals surface area contributed by atoms with Gasteiger partial charge >= 0.3 is 0 Å². The van der Waals surface area contributed by atoms with Crippen LogP contribution in [0.25, 0.3) is 79.0 Å². The van der Waals surface area contributed by atoms with Gasteiger partial charge in [0.25, 0.3) is 0 Å². The van der Waals surface area contributed by atoms with E-state index in [1.54, 1.807) is 0 Å². The number of thiophene rings is 2. The number of hydrogen-bond donors (Lipinski definition) is 0. The summed E-state index contributed by atoms with van der Waals surface area (Å²) < 4.78 is 7.84. The molecule has 0 aliphatic rings. The third kappa shape index (κ3) is 3.06. The molecule has 1 nitrogen and oxygen atoms in total. The minimum Gasteiger partial charge on any atom is -0.308 e. The van der Waals surface area contributed by atoms with Gasteiger partial charge in [-0.25, -0.2) is 0 Å².